The summed E-state index contributed by atoms with van der Waals surface area (Å²) in [5.74, 6) is -0.871. The number of aromatic nitrogens is 1. The zero-order valence-corrected chi connectivity index (χ0v) is 12.4. The molecule has 1 aromatic heterocycles. The Morgan fingerprint density at radius 3 is 2.36 bits per heavy atom. The molecule has 0 atom stereocenters. The Morgan fingerprint density at radius 1 is 1.09 bits per heavy atom. The van der Waals surface area contributed by atoms with Crippen LogP contribution in [0, 0.1) is 12.3 Å². The van der Waals surface area contributed by atoms with E-state index in [1.807, 2.05) is 6.92 Å². The number of para-hydroxylation sites is 1. The van der Waals surface area contributed by atoms with E-state index in [1.165, 1.54) is 24.3 Å². The van der Waals surface area contributed by atoms with Crippen LogP contribution in [0.1, 0.15) is 5.56 Å². The number of aryl methyl sites for hydroxylation is 1. The molecule has 0 aliphatic carbocycles. The Balaban J connectivity index is 2.37. The second kappa shape index (κ2) is 4.86. The van der Waals surface area contributed by atoms with Gasteiger partial charge in [0.2, 0.25) is 5.39 Å². The number of hydrogen-bond acceptors (Lipinski definition) is 4. The molecule has 0 spiro atoms. The molecule has 0 fully saturated rings. The van der Waals surface area contributed by atoms with E-state index in [1.54, 1.807) is 24.3 Å². The van der Waals surface area contributed by atoms with Gasteiger partial charge in [-0.05, 0) is 31.2 Å². The Morgan fingerprint density at radius 2 is 1.73 bits per heavy atom. The number of hydrogen-bond donors (Lipinski definition) is 0. The molecule has 3 aromatic rings. The van der Waals surface area contributed by atoms with Gasteiger partial charge in [-0.15, -0.1) is 0 Å². The Labute approximate surface area is 126 Å². The van der Waals surface area contributed by atoms with Gasteiger partial charge in [0.15, 0.2) is 4.98 Å². The van der Waals surface area contributed by atoms with Crippen LogP contribution in [0.3, 0.4) is 0 Å². The zero-order valence-electron chi connectivity index (χ0n) is 11.6. The standard InChI is InChI=1S/C15H11N3O3S/c1-10-6-8-11(9-7-10)22(20,21)18-13-5-3-2-4-12(13)14(17-16)15(18)19/h2-9H,1H3. The van der Waals surface area contributed by atoms with Gasteiger partial charge in [0.05, 0.1) is 21.7 Å². The molecule has 2 aromatic carbocycles. The van der Waals surface area contributed by atoms with Gasteiger partial charge in [-0.25, -0.2) is 12.4 Å². The summed E-state index contributed by atoms with van der Waals surface area (Å²) in [6.45, 7) is 1.84. The molecule has 0 saturated carbocycles. The van der Waals surface area contributed by atoms with Crippen molar-refractivity contribution >= 4 is 26.6 Å². The fourth-order valence-electron chi connectivity index (χ4n) is 2.32. The first-order valence-electron chi connectivity index (χ1n) is 6.44. The molecule has 0 amide bonds. The lowest BCUT2D eigenvalue weighted by atomic mass is 10.2. The van der Waals surface area contributed by atoms with Crippen molar-refractivity contribution in [3.8, 4) is 5.88 Å². The van der Waals surface area contributed by atoms with Crippen molar-refractivity contribution in [2.45, 2.75) is 11.8 Å². The monoisotopic (exact) mass is 313 g/mol. The number of rotatable bonds is 2. The van der Waals surface area contributed by atoms with Crippen LogP contribution in [0.4, 0.5) is 5.69 Å². The molecule has 3 rings (SSSR count). The zero-order chi connectivity index (χ0) is 15.9. The molecule has 0 saturated heterocycles. The van der Waals surface area contributed by atoms with E-state index in [4.69, 9.17) is 5.39 Å². The van der Waals surface area contributed by atoms with Gasteiger partial charge in [-0.1, -0.05) is 29.8 Å². The highest BCUT2D eigenvalue weighted by Crippen LogP contribution is 2.39. The van der Waals surface area contributed by atoms with Crippen LogP contribution in [-0.2, 0) is 10.0 Å². The number of benzene rings is 2. The maximum Gasteiger partial charge on any atom is 0.404 e. The number of nitrogens with zero attached hydrogens (tertiary/aromatic N) is 3. The van der Waals surface area contributed by atoms with E-state index < -0.39 is 15.9 Å². The van der Waals surface area contributed by atoms with Gasteiger partial charge < -0.3 is 5.11 Å². The Kier molecular flexibility index (Phi) is 3.11. The van der Waals surface area contributed by atoms with Crippen LogP contribution in [-0.4, -0.2) is 12.4 Å². The Hall–Kier alpha value is -2.85. The van der Waals surface area contributed by atoms with Crippen molar-refractivity contribution in [3.63, 3.8) is 0 Å². The summed E-state index contributed by atoms with van der Waals surface area (Å²) in [7, 11) is -4.07. The molecule has 22 heavy (non-hydrogen) atoms. The smallest absolute Gasteiger partial charge is 0.404 e. The van der Waals surface area contributed by atoms with Gasteiger partial charge in [-0.2, -0.15) is 0 Å². The predicted molar refractivity (Wildman–Crippen MR) is 79.9 cm³/mol. The van der Waals surface area contributed by atoms with Gasteiger partial charge in [0.25, 0.3) is 10.0 Å². The van der Waals surface area contributed by atoms with E-state index in [0.717, 1.165) is 5.56 Å². The minimum atomic E-state index is -4.07. The lowest BCUT2D eigenvalue weighted by molar-refractivity contribution is -0.274. The largest absolute Gasteiger partial charge is 0.854 e. The second-order valence-corrected chi connectivity index (χ2v) is 6.64. The Bertz CT molecular complexity index is 1010. The molecule has 0 aliphatic rings. The van der Waals surface area contributed by atoms with E-state index in [9.17, 15) is 13.5 Å². The van der Waals surface area contributed by atoms with Crippen LogP contribution in [0.25, 0.3) is 15.9 Å². The molecule has 6 nitrogen and oxygen atoms in total. The van der Waals surface area contributed by atoms with Crippen LogP contribution in [0.15, 0.2) is 53.4 Å². The van der Waals surface area contributed by atoms with Crippen molar-refractivity contribution in [3.05, 3.63) is 59.1 Å². The molecule has 0 radical (unpaired) electrons. The van der Waals surface area contributed by atoms with Gasteiger partial charge >= 0.3 is 5.69 Å². The van der Waals surface area contributed by atoms with Crippen LogP contribution < -0.4 is 5.11 Å². The topological polar surface area (TPSA) is 90.3 Å². The molecule has 7 heteroatoms. The fourth-order valence-corrected chi connectivity index (χ4v) is 3.74. The highest BCUT2D eigenvalue weighted by molar-refractivity contribution is 7.90. The van der Waals surface area contributed by atoms with E-state index in [2.05, 4.69) is 4.98 Å². The lowest BCUT2D eigenvalue weighted by Gasteiger charge is -2.12. The summed E-state index contributed by atoms with van der Waals surface area (Å²) in [4.78, 5) is 2.94. The van der Waals surface area contributed by atoms with E-state index in [-0.39, 0.29) is 21.5 Å². The SMILES string of the molecule is Cc1ccc(S(=O)(=O)n2c([O-])c([N+]#N)c3ccccc32)cc1. The average molecular weight is 313 g/mol. The third-order valence-corrected chi connectivity index (χ3v) is 5.14. The third kappa shape index (κ3) is 1.93. The average Bonchev–Trinajstić information content (AvgIpc) is 2.79. The first-order chi connectivity index (χ1) is 10.5. The van der Waals surface area contributed by atoms with Crippen LogP contribution >= 0.6 is 0 Å². The van der Waals surface area contributed by atoms with Gasteiger partial charge in [0.1, 0.15) is 0 Å². The van der Waals surface area contributed by atoms with E-state index in [0.29, 0.717) is 3.97 Å². The highest BCUT2D eigenvalue weighted by Gasteiger charge is 2.28. The number of fused-ring (bicyclic) bond motifs is 1. The first-order valence-corrected chi connectivity index (χ1v) is 7.88. The fraction of sp³-hybridized carbons (Fsp3) is 0.0667. The maximum atomic E-state index is 12.7. The third-order valence-electron chi connectivity index (χ3n) is 3.42. The van der Waals surface area contributed by atoms with Crippen molar-refractivity contribution in [1.29, 1.82) is 5.39 Å². The van der Waals surface area contributed by atoms with Crippen LogP contribution in [0.5, 0.6) is 5.88 Å². The van der Waals surface area contributed by atoms with Crippen molar-refractivity contribution in [1.82, 2.24) is 3.97 Å². The molecule has 0 bridgehead atoms. The molecule has 0 N–H and O–H groups in total. The molecule has 0 aliphatic heterocycles. The summed E-state index contributed by atoms with van der Waals surface area (Å²) >= 11 is 0. The van der Waals surface area contributed by atoms with Gasteiger partial charge in [0, 0.05) is 0 Å². The minimum Gasteiger partial charge on any atom is -0.854 e. The summed E-state index contributed by atoms with van der Waals surface area (Å²) in [6, 6.07) is 12.5. The summed E-state index contributed by atoms with van der Waals surface area (Å²) in [6.07, 6.45) is 0. The summed E-state index contributed by atoms with van der Waals surface area (Å²) < 4.78 is 26.2. The summed E-state index contributed by atoms with van der Waals surface area (Å²) in [5.41, 5.74) is 0.803. The molecule has 1 heterocycles. The quantitative estimate of drug-likeness (QED) is 0.680. The molecule has 0 unspecified atom stereocenters. The lowest BCUT2D eigenvalue weighted by Crippen LogP contribution is -2.15. The second-order valence-electron chi connectivity index (χ2n) is 4.85. The van der Waals surface area contributed by atoms with Crippen molar-refractivity contribution < 1.29 is 13.5 Å². The van der Waals surface area contributed by atoms with E-state index >= 15 is 0 Å². The highest BCUT2D eigenvalue weighted by atomic mass is 32.2. The van der Waals surface area contributed by atoms with Gasteiger partial charge in [-0.3, -0.25) is 0 Å². The predicted octanol–water partition coefficient (Wildman–Crippen LogP) is 2.74. The maximum absolute atomic E-state index is 12.7. The van der Waals surface area contributed by atoms with Crippen molar-refractivity contribution in [2.75, 3.05) is 0 Å². The van der Waals surface area contributed by atoms with Crippen molar-refractivity contribution in [2.24, 2.45) is 0 Å². The summed E-state index contributed by atoms with van der Waals surface area (Å²) in [5, 5.41) is 21.6. The minimum absolute atomic E-state index is 0.000410. The normalized spacial score (nSPS) is 11.5. The number of diazo groups is 1. The molecular weight excluding hydrogens is 302 g/mol. The van der Waals surface area contributed by atoms with Crippen LogP contribution in [0.2, 0.25) is 0 Å². The molecule has 110 valence electrons. The first kappa shape index (κ1) is 14.1. The molecular formula is C15H11N3O3S.